The van der Waals surface area contributed by atoms with Crippen LogP contribution in [0, 0.1) is 11.8 Å². The highest BCUT2D eigenvalue weighted by Crippen LogP contribution is 2.44. The monoisotopic (exact) mass is 480 g/mol. The molecule has 2 amide bonds. The van der Waals surface area contributed by atoms with Crippen LogP contribution in [0.1, 0.15) is 43.7 Å². The number of carboxylic acid groups (broad SMARTS) is 1. The Hall–Kier alpha value is -3.39. The summed E-state index contributed by atoms with van der Waals surface area (Å²) in [5.74, 6) is -1.60. The van der Waals surface area contributed by atoms with Crippen molar-refractivity contribution in [2.45, 2.75) is 44.8 Å². The summed E-state index contributed by atoms with van der Waals surface area (Å²) in [6.45, 7) is 4.62. The molecule has 8 heteroatoms. The molecule has 1 aliphatic heterocycles. The number of hydrogen-bond acceptors (Lipinski definition) is 5. The van der Waals surface area contributed by atoms with Crippen LogP contribution in [-0.4, -0.2) is 55.0 Å². The van der Waals surface area contributed by atoms with Gasteiger partial charge in [0.05, 0.1) is 0 Å². The number of ether oxygens (including phenoxy) is 2. The number of carbonyl (C=O) groups excluding carboxylic acids is 2. The van der Waals surface area contributed by atoms with Crippen LogP contribution in [0.5, 0.6) is 0 Å². The zero-order chi connectivity index (χ0) is 24.9. The average molecular weight is 481 g/mol. The van der Waals surface area contributed by atoms with E-state index in [1.54, 1.807) is 0 Å². The molecule has 0 saturated carbocycles. The van der Waals surface area contributed by atoms with E-state index in [0.717, 1.165) is 22.3 Å². The van der Waals surface area contributed by atoms with Crippen molar-refractivity contribution in [2.24, 2.45) is 11.8 Å². The molecule has 1 aliphatic carbocycles. The predicted octanol–water partition coefficient (Wildman–Crippen LogP) is 3.55. The van der Waals surface area contributed by atoms with Crippen LogP contribution in [0.25, 0.3) is 11.1 Å². The van der Waals surface area contributed by atoms with Crippen LogP contribution in [0.3, 0.4) is 0 Å². The van der Waals surface area contributed by atoms with Crippen molar-refractivity contribution in [2.75, 3.05) is 19.8 Å². The molecule has 2 aliphatic rings. The summed E-state index contributed by atoms with van der Waals surface area (Å²) in [6, 6.07) is 15.4. The molecule has 186 valence electrons. The highest BCUT2D eigenvalue weighted by atomic mass is 16.5. The van der Waals surface area contributed by atoms with Crippen molar-refractivity contribution in [1.82, 2.24) is 10.6 Å². The van der Waals surface area contributed by atoms with Crippen molar-refractivity contribution in [1.29, 1.82) is 0 Å². The number of carboxylic acids is 1. The van der Waals surface area contributed by atoms with Crippen LogP contribution in [0.15, 0.2) is 48.5 Å². The summed E-state index contributed by atoms with van der Waals surface area (Å²) < 4.78 is 10.8. The summed E-state index contributed by atoms with van der Waals surface area (Å²) in [5, 5.41) is 14.8. The molecule has 4 rings (SSSR count). The van der Waals surface area contributed by atoms with Gasteiger partial charge >= 0.3 is 12.1 Å². The van der Waals surface area contributed by atoms with E-state index in [1.807, 2.05) is 50.2 Å². The lowest BCUT2D eigenvalue weighted by atomic mass is 9.98. The molecule has 1 fully saturated rings. The Morgan fingerprint density at radius 3 is 2.29 bits per heavy atom. The van der Waals surface area contributed by atoms with Gasteiger partial charge in [-0.05, 0) is 41.0 Å². The first-order valence-corrected chi connectivity index (χ1v) is 12.1. The minimum absolute atomic E-state index is 0.0687. The molecule has 3 N–H and O–H groups in total. The Labute approximate surface area is 205 Å². The van der Waals surface area contributed by atoms with Gasteiger partial charge < -0.3 is 25.2 Å². The number of benzene rings is 2. The van der Waals surface area contributed by atoms with E-state index in [1.165, 1.54) is 0 Å². The number of fused-ring (bicyclic) bond motifs is 3. The fourth-order valence-corrected chi connectivity index (χ4v) is 4.96. The standard InChI is InChI=1S/C27H32N2O6/c1-16(2)13-23(25(30)28-14-17-11-12-34-24(17)26(31)32)29-27(33)35-15-22-20-9-5-3-7-18(20)19-8-4-6-10-21(19)22/h3-10,16-17,22-24H,11-15H2,1-2H3,(H,28,30)(H,29,33)(H,31,32)/t17-,23?,24-/m1/s1. The summed E-state index contributed by atoms with van der Waals surface area (Å²) in [6.07, 6.45) is -0.583. The molecule has 2 aromatic carbocycles. The Kier molecular flexibility index (Phi) is 7.70. The van der Waals surface area contributed by atoms with E-state index < -0.39 is 24.2 Å². The highest BCUT2D eigenvalue weighted by molar-refractivity contribution is 5.86. The maximum Gasteiger partial charge on any atom is 0.407 e. The molecule has 1 saturated heterocycles. The Balaban J connectivity index is 1.36. The van der Waals surface area contributed by atoms with E-state index in [4.69, 9.17) is 9.47 Å². The predicted molar refractivity (Wildman–Crippen MR) is 130 cm³/mol. The zero-order valence-electron chi connectivity index (χ0n) is 20.0. The van der Waals surface area contributed by atoms with E-state index in [-0.39, 0.29) is 36.8 Å². The van der Waals surface area contributed by atoms with Gasteiger partial charge in [0, 0.05) is 25.0 Å². The third-order valence-corrected chi connectivity index (χ3v) is 6.66. The average Bonchev–Trinajstić information content (AvgIpc) is 3.43. The van der Waals surface area contributed by atoms with Crippen LogP contribution in [0.2, 0.25) is 0 Å². The van der Waals surface area contributed by atoms with Gasteiger partial charge in [-0.15, -0.1) is 0 Å². The van der Waals surface area contributed by atoms with E-state index >= 15 is 0 Å². The third kappa shape index (κ3) is 5.65. The molecule has 0 radical (unpaired) electrons. The van der Waals surface area contributed by atoms with Gasteiger partial charge in [-0.25, -0.2) is 9.59 Å². The zero-order valence-corrected chi connectivity index (χ0v) is 20.0. The molecule has 1 unspecified atom stereocenters. The SMILES string of the molecule is CC(C)CC(NC(=O)OCC1c2ccccc2-c2ccccc21)C(=O)NC[C@H]1CCO[C@H]1C(=O)O. The first-order chi connectivity index (χ1) is 16.8. The van der Waals surface area contributed by atoms with Crippen LogP contribution >= 0.6 is 0 Å². The van der Waals surface area contributed by atoms with E-state index in [2.05, 4.69) is 22.8 Å². The molecule has 8 nitrogen and oxygen atoms in total. The molecular formula is C27H32N2O6. The fourth-order valence-electron chi connectivity index (χ4n) is 4.96. The minimum Gasteiger partial charge on any atom is -0.479 e. The molecule has 2 aromatic rings. The quantitative estimate of drug-likeness (QED) is 0.506. The topological polar surface area (TPSA) is 114 Å². The number of alkyl carbamates (subject to hydrolysis) is 1. The number of hydrogen-bond donors (Lipinski definition) is 3. The molecule has 1 heterocycles. The first-order valence-electron chi connectivity index (χ1n) is 12.1. The summed E-state index contributed by atoms with van der Waals surface area (Å²) in [4.78, 5) is 36.9. The Morgan fingerprint density at radius 2 is 1.69 bits per heavy atom. The van der Waals surface area contributed by atoms with Crippen LogP contribution in [-0.2, 0) is 19.1 Å². The lowest BCUT2D eigenvalue weighted by Crippen LogP contribution is -2.49. The summed E-state index contributed by atoms with van der Waals surface area (Å²) in [5.41, 5.74) is 4.52. The minimum atomic E-state index is -1.03. The van der Waals surface area contributed by atoms with Gasteiger partial charge in [0.25, 0.3) is 0 Å². The van der Waals surface area contributed by atoms with Gasteiger partial charge in [-0.3, -0.25) is 4.79 Å². The van der Waals surface area contributed by atoms with Crippen molar-refractivity contribution in [3.8, 4) is 11.1 Å². The van der Waals surface area contributed by atoms with Crippen LogP contribution < -0.4 is 10.6 Å². The second-order valence-corrected chi connectivity index (χ2v) is 9.58. The maximum atomic E-state index is 12.9. The van der Waals surface area contributed by atoms with Gasteiger partial charge in [0.15, 0.2) is 6.10 Å². The molecule has 35 heavy (non-hydrogen) atoms. The van der Waals surface area contributed by atoms with Gasteiger partial charge in [-0.1, -0.05) is 62.4 Å². The van der Waals surface area contributed by atoms with Crippen molar-refractivity contribution >= 4 is 18.0 Å². The second kappa shape index (κ2) is 10.9. The summed E-state index contributed by atoms with van der Waals surface area (Å²) in [7, 11) is 0. The van der Waals surface area contributed by atoms with Gasteiger partial charge in [0.2, 0.25) is 5.91 Å². The largest absolute Gasteiger partial charge is 0.479 e. The van der Waals surface area contributed by atoms with Crippen molar-refractivity contribution < 1.29 is 29.0 Å². The van der Waals surface area contributed by atoms with Crippen molar-refractivity contribution in [3.05, 3.63) is 59.7 Å². The Bertz CT molecular complexity index is 1040. The van der Waals surface area contributed by atoms with Crippen molar-refractivity contribution in [3.63, 3.8) is 0 Å². The number of amides is 2. The van der Waals surface area contributed by atoms with E-state index in [9.17, 15) is 19.5 Å². The molecule has 0 aromatic heterocycles. The van der Waals surface area contributed by atoms with Gasteiger partial charge in [0.1, 0.15) is 12.6 Å². The lowest BCUT2D eigenvalue weighted by Gasteiger charge is -2.22. The molecule has 0 bridgehead atoms. The van der Waals surface area contributed by atoms with Gasteiger partial charge in [-0.2, -0.15) is 0 Å². The third-order valence-electron chi connectivity index (χ3n) is 6.66. The number of carbonyl (C=O) groups is 3. The van der Waals surface area contributed by atoms with E-state index in [0.29, 0.717) is 19.4 Å². The van der Waals surface area contributed by atoms with Crippen LogP contribution in [0.4, 0.5) is 4.79 Å². The Morgan fingerprint density at radius 1 is 1.06 bits per heavy atom. The molecule has 0 spiro atoms. The maximum absolute atomic E-state index is 12.9. The second-order valence-electron chi connectivity index (χ2n) is 9.58. The molecule has 3 atom stereocenters. The smallest absolute Gasteiger partial charge is 0.407 e. The fraction of sp³-hybridized carbons (Fsp3) is 0.444. The normalized spacial score (nSPS) is 19.6. The molecular weight excluding hydrogens is 448 g/mol. The summed E-state index contributed by atoms with van der Waals surface area (Å²) >= 11 is 0. The lowest BCUT2D eigenvalue weighted by molar-refractivity contribution is -0.149. The number of nitrogens with one attached hydrogen (secondary N) is 2. The first kappa shape index (κ1) is 24.7. The highest BCUT2D eigenvalue weighted by Gasteiger charge is 2.35. The number of rotatable bonds is 9. The number of aliphatic carboxylic acids is 1.